The van der Waals surface area contributed by atoms with Crippen molar-refractivity contribution in [2.24, 2.45) is 0 Å². The average Bonchev–Trinajstić information content (AvgIpc) is 2.86. The van der Waals surface area contributed by atoms with Gasteiger partial charge in [-0.2, -0.15) is 0 Å². The number of hydrogen-bond donors (Lipinski definition) is 1. The third-order valence-corrected chi connectivity index (χ3v) is 5.56. The normalized spacial score (nSPS) is 17.3. The van der Waals surface area contributed by atoms with Gasteiger partial charge in [0, 0.05) is 0 Å². The standard InChI is InChI=1S/C16H18N2O5S/c1-10-16(11(2)23-17-10)24(20,21)18-15(19)9-14-13-6-4-3-5-12(13)7-8-22-14/h3-6,14H,7-9H2,1-2H3,(H,18,19)/t14-/m1/s1. The number of benzene rings is 1. The molecular formula is C16H18N2O5S. The minimum absolute atomic E-state index is 0.0698. The van der Waals surface area contributed by atoms with Crippen LogP contribution in [0.3, 0.4) is 0 Å². The second-order valence-corrected chi connectivity index (χ2v) is 7.31. The number of rotatable bonds is 4. The Balaban J connectivity index is 1.75. The molecule has 1 aromatic heterocycles. The SMILES string of the molecule is Cc1noc(C)c1S(=O)(=O)NC(=O)C[C@H]1OCCc2ccccc21. The van der Waals surface area contributed by atoms with Crippen molar-refractivity contribution in [2.75, 3.05) is 6.61 Å². The number of carbonyl (C=O) groups excluding carboxylic acids is 1. The third kappa shape index (κ3) is 3.20. The summed E-state index contributed by atoms with van der Waals surface area (Å²) in [7, 11) is -4.02. The minimum atomic E-state index is -4.02. The van der Waals surface area contributed by atoms with E-state index in [2.05, 4.69) is 9.88 Å². The quantitative estimate of drug-likeness (QED) is 0.903. The summed E-state index contributed by atoms with van der Waals surface area (Å²) >= 11 is 0. The maximum absolute atomic E-state index is 12.4. The van der Waals surface area contributed by atoms with Gasteiger partial charge in [-0.15, -0.1) is 0 Å². The van der Waals surface area contributed by atoms with Gasteiger partial charge in [-0.1, -0.05) is 29.4 Å². The lowest BCUT2D eigenvalue weighted by atomic mass is 9.96. The van der Waals surface area contributed by atoms with E-state index in [1.165, 1.54) is 13.8 Å². The second-order valence-electron chi connectivity index (χ2n) is 5.69. The van der Waals surface area contributed by atoms with Gasteiger partial charge >= 0.3 is 0 Å². The number of ether oxygens (including phenoxy) is 1. The fraction of sp³-hybridized carbons (Fsp3) is 0.375. The van der Waals surface area contributed by atoms with Crippen LogP contribution in [0, 0.1) is 13.8 Å². The van der Waals surface area contributed by atoms with Gasteiger partial charge in [0.25, 0.3) is 10.0 Å². The van der Waals surface area contributed by atoms with Crippen molar-refractivity contribution < 1.29 is 22.5 Å². The maximum Gasteiger partial charge on any atom is 0.269 e. The van der Waals surface area contributed by atoms with Crippen LogP contribution >= 0.6 is 0 Å². The fourth-order valence-corrected chi connectivity index (χ4v) is 4.24. The Morgan fingerprint density at radius 3 is 2.79 bits per heavy atom. The third-order valence-electron chi connectivity index (χ3n) is 3.95. The number of amides is 1. The molecule has 1 aromatic carbocycles. The molecule has 1 N–H and O–H groups in total. The van der Waals surface area contributed by atoms with E-state index in [4.69, 9.17) is 9.26 Å². The van der Waals surface area contributed by atoms with Gasteiger partial charge in [0.05, 0.1) is 19.1 Å². The van der Waals surface area contributed by atoms with Gasteiger partial charge in [0.1, 0.15) is 5.69 Å². The van der Waals surface area contributed by atoms with Crippen LogP contribution < -0.4 is 4.72 Å². The van der Waals surface area contributed by atoms with Crippen LogP contribution in [-0.4, -0.2) is 26.1 Å². The molecule has 1 aliphatic rings. The van der Waals surface area contributed by atoms with E-state index in [0.717, 1.165) is 17.5 Å². The summed E-state index contributed by atoms with van der Waals surface area (Å²) in [4.78, 5) is 12.1. The van der Waals surface area contributed by atoms with Crippen molar-refractivity contribution in [2.45, 2.75) is 37.7 Å². The number of aryl methyl sites for hydroxylation is 2. The highest BCUT2D eigenvalue weighted by atomic mass is 32.2. The highest BCUT2D eigenvalue weighted by molar-refractivity contribution is 7.90. The lowest BCUT2D eigenvalue weighted by Gasteiger charge is -2.25. The molecule has 2 heterocycles. The van der Waals surface area contributed by atoms with Gasteiger partial charge in [-0.25, -0.2) is 13.1 Å². The van der Waals surface area contributed by atoms with Crippen molar-refractivity contribution in [3.05, 3.63) is 46.8 Å². The molecule has 24 heavy (non-hydrogen) atoms. The summed E-state index contributed by atoms with van der Waals surface area (Å²) in [5.41, 5.74) is 2.26. The maximum atomic E-state index is 12.4. The van der Waals surface area contributed by atoms with Crippen LogP contribution in [0.2, 0.25) is 0 Å². The Morgan fingerprint density at radius 2 is 2.08 bits per heavy atom. The van der Waals surface area contributed by atoms with Gasteiger partial charge in [-0.05, 0) is 31.4 Å². The summed E-state index contributed by atoms with van der Waals surface area (Å²) in [6.07, 6.45) is 0.264. The first-order valence-corrected chi connectivity index (χ1v) is 9.04. The number of nitrogens with zero attached hydrogens (tertiary/aromatic N) is 1. The van der Waals surface area contributed by atoms with Gasteiger partial charge in [0.2, 0.25) is 5.91 Å². The minimum Gasteiger partial charge on any atom is -0.373 e. The zero-order valence-electron chi connectivity index (χ0n) is 13.4. The zero-order valence-corrected chi connectivity index (χ0v) is 14.2. The molecule has 0 radical (unpaired) electrons. The molecule has 0 spiro atoms. The van der Waals surface area contributed by atoms with E-state index >= 15 is 0 Å². The van der Waals surface area contributed by atoms with E-state index in [0.29, 0.717) is 6.61 Å². The van der Waals surface area contributed by atoms with Crippen molar-refractivity contribution in [1.82, 2.24) is 9.88 Å². The lowest BCUT2D eigenvalue weighted by Crippen LogP contribution is -2.33. The number of carbonyl (C=O) groups is 1. The summed E-state index contributed by atoms with van der Waals surface area (Å²) in [6, 6.07) is 7.70. The molecule has 0 fully saturated rings. The van der Waals surface area contributed by atoms with Crippen LogP contribution in [0.1, 0.15) is 35.1 Å². The first-order valence-electron chi connectivity index (χ1n) is 7.56. The Hall–Kier alpha value is -2.19. The van der Waals surface area contributed by atoms with E-state index in [1.54, 1.807) is 0 Å². The highest BCUT2D eigenvalue weighted by Crippen LogP contribution is 2.29. The Morgan fingerprint density at radius 1 is 1.33 bits per heavy atom. The Labute approximate surface area is 140 Å². The number of nitrogens with one attached hydrogen (secondary N) is 1. The Kier molecular flexibility index (Phi) is 4.42. The predicted octanol–water partition coefficient (Wildman–Crippen LogP) is 1.80. The molecule has 0 bridgehead atoms. The van der Waals surface area contributed by atoms with Crippen molar-refractivity contribution >= 4 is 15.9 Å². The summed E-state index contributed by atoms with van der Waals surface area (Å²) < 4.78 is 37.3. The zero-order chi connectivity index (χ0) is 17.3. The monoisotopic (exact) mass is 350 g/mol. The van der Waals surface area contributed by atoms with Crippen LogP contribution in [0.4, 0.5) is 0 Å². The first-order chi connectivity index (χ1) is 11.4. The molecule has 128 valence electrons. The molecule has 2 aromatic rings. The lowest BCUT2D eigenvalue weighted by molar-refractivity contribution is -0.122. The molecular weight excluding hydrogens is 332 g/mol. The van der Waals surface area contributed by atoms with Crippen molar-refractivity contribution in [3.63, 3.8) is 0 Å². The first kappa shape index (κ1) is 16.7. The Bertz CT molecular complexity index is 853. The molecule has 0 saturated heterocycles. The average molecular weight is 350 g/mol. The molecule has 0 saturated carbocycles. The number of aromatic nitrogens is 1. The van der Waals surface area contributed by atoms with Crippen LogP contribution in [0.5, 0.6) is 0 Å². The molecule has 1 atom stereocenters. The topological polar surface area (TPSA) is 98.5 Å². The molecule has 8 heteroatoms. The number of hydrogen-bond acceptors (Lipinski definition) is 6. The van der Waals surface area contributed by atoms with Gasteiger partial charge in [0.15, 0.2) is 10.7 Å². The summed E-state index contributed by atoms with van der Waals surface area (Å²) in [6.45, 7) is 3.50. The predicted molar refractivity (Wildman–Crippen MR) is 84.8 cm³/mol. The summed E-state index contributed by atoms with van der Waals surface area (Å²) in [5.74, 6) is -0.483. The van der Waals surface area contributed by atoms with E-state index < -0.39 is 22.0 Å². The van der Waals surface area contributed by atoms with Gasteiger partial charge in [-0.3, -0.25) is 4.79 Å². The van der Waals surface area contributed by atoms with Crippen LogP contribution in [0.15, 0.2) is 33.7 Å². The number of sulfonamides is 1. The van der Waals surface area contributed by atoms with Crippen LogP contribution in [-0.2, 0) is 26.0 Å². The molecule has 7 nitrogen and oxygen atoms in total. The van der Waals surface area contributed by atoms with Crippen molar-refractivity contribution in [1.29, 1.82) is 0 Å². The second kappa shape index (κ2) is 6.37. The van der Waals surface area contributed by atoms with E-state index in [9.17, 15) is 13.2 Å². The largest absolute Gasteiger partial charge is 0.373 e. The highest BCUT2D eigenvalue weighted by Gasteiger charge is 2.29. The van der Waals surface area contributed by atoms with E-state index in [1.807, 2.05) is 24.3 Å². The van der Waals surface area contributed by atoms with Gasteiger partial charge < -0.3 is 9.26 Å². The fourth-order valence-electron chi connectivity index (χ4n) is 2.91. The van der Waals surface area contributed by atoms with E-state index in [-0.39, 0.29) is 22.8 Å². The van der Waals surface area contributed by atoms with Crippen LogP contribution in [0.25, 0.3) is 0 Å². The molecule has 1 amide bonds. The molecule has 3 rings (SSSR count). The molecule has 1 aliphatic heterocycles. The smallest absolute Gasteiger partial charge is 0.269 e. The van der Waals surface area contributed by atoms with Crippen molar-refractivity contribution in [3.8, 4) is 0 Å². The molecule has 0 aliphatic carbocycles. The summed E-state index contributed by atoms with van der Waals surface area (Å²) in [5, 5.41) is 3.60. The number of fused-ring (bicyclic) bond motifs is 1. The molecule has 0 unspecified atom stereocenters.